The normalized spacial score (nSPS) is 9.65. The zero-order valence-electron chi connectivity index (χ0n) is 12.0. The van der Waals surface area contributed by atoms with Crippen molar-refractivity contribution in [1.29, 1.82) is 5.26 Å². The predicted octanol–water partition coefficient (Wildman–Crippen LogP) is 2.23. The molecule has 0 atom stereocenters. The van der Waals surface area contributed by atoms with Crippen LogP contribution in [-0.4, -0.2) is 37.6 Å². The maximum absolute atomic E-state index is 11.7. The van der Waals surface area contributed by atoms with E-state index in [9.17, 15) is 4.79 Å². The molecule has 0 saturated heterocycles. The summed E-state index contributed by atoms with van der Waals surface area (Å²) in [6.07, 6.45) is 0.650. The number of nitriles is 1. The maximum atomic E-state index is 11.7. The molecule has 0 aliphatic carbocycles. The van der Waals surface area contributed by atoms with Gasteiger partial charge in [0.25, 0.3) is 0 Å². The van der Waals surface area contributed by atoms with Gasteiger partial charge in [-0.3, -0.25) is 4.79 Å². The standard InChI is InChI=1S/C15H20N2O3/c1-3-19-13-5-7-14(8-6-13)20-12-9-15(18)17(2)11-4-10-16/h5-8H,3-4,9,11-12H2,1-2H3. The summed E-state index contributed by atoms with van der Waals surface area (Å²) in [6.45, 7) is 3.34. The van der Waals surface area contributed by atoms with Crippen molar-refractivity contribution in [1.82, 2.24) is 4.90 Å². The van der Waals surface area contributed by atoms with E-state index < -0.39 is 0 Å². The van der Waals surface area contributed by atoms with E-state index in [1.807, 2.05) is 37.3 Å². The van der Waals surface area contributed by atoms with Crippen LogP contribution in [0, 0.1) is 11.3 Å². The molecule has 0 unspecified atom stereocenters. The number of rotatable bonds is 8. The van der Waals surface area contributed by atoms with E-state index in [1.165, 1.54) is 0 Å². The van der Waals surface area contributed by atoms with Crippen molar-refractivity contribution in [2.24, 2.45) is 0 Å². The van der Waals surface area contributed by atoms with Gasteiger partial charge < -0.3 is 14.4 Å². The fourth-order valence-corrected chi connectivity index (χ4v) is 1.59. The molecular weight excluding hydrogens is 256 g/mol. The Kier molecular flexibility index (Phi) is 6.97. The van der Waals surface area contributed by atoms with E-state index >= 15 is 0 Å². The second kappa shape index (κ2) is 8.81. The average molecular weight is 276 g/mol. The highest BCUT2D eigenvalue weighted by Crippen LogP contribution is 2.17. The number of ether oxygens (including phenoxy) is 2. The minimum absolute atomic E-state index is 0.0220. The van der Waals surface area contributed by atoms with Crippen LogP contribution in [0.25, 0.3) is 0 Å². The summed E-state index contributed by atoms with van der Waals surface area (Å²) in [5.74, 6) is 1.49. The van der Waals surface area contributed by atoms with Gasteiger partial charge in [-0.2, -0.15) is 5.26 Å². The van der Waals surface area contributed by atoms with Gasteiger partial charge in [-0.25, -0.2) is 0 Å². The Morgan fingerprint density at radius 2 is 1.85 bits per heavy atom. The van der Waals surface area contributed by atoms with Crippen molar-refractivity contribution in [3.8, 4) is 17.6 Å². The minimum Gasteiger partial charge on any atom is -0.494 e. The average Bonchev–Trinajstić information content (AvgIpc) is 2.46. The molecule has 0 aromatic heterocycles. The van der Waals surface area contributed by atoms with Crippen molar-refractivity contribution in [2.45, 2.75) is 19.8 Å². The molecule has 0 spiro atoms. The number of carbonyl (C=O) groups excluding carboxylic acids is 1. The van der Waals surface area contributed by atoms with Crippen LogP contribution in [0.2, 0.25) is 0 Å². The molecule has 0 N–H and O–H groups in total. The van der Waals surface area contributed by atoms with E-state index in [0.29, 0.717) is 38.3 Å². The summed E-state index contributed by atoms with van der Waals surface area (Å²) < 4.78 is 10.8. The summed E-state index contributed by atoms with van der Waals surface area (Å²) in [4.78, 5) is 13.2. The van der Waals surface area contributed by atoms with Gasteiger partial charge in [0.15, 0.2) is 0 Å². The van der Waals surface area contributed by atoms with Crippen molar-refractivity contribution in [3.05, 3.63) is 24.3 Å². The van der Waals surface area contributed by atoms with Crippen LogP contribution in [0.3, 0.4) is 0 Å². The first-order valence-electron chi connectivity index (χ1n) is 6.64. The summed E-state index contributed by atoms with van der Waals surface area (Å²) >= 11 is 0. The van der Waals surface area contributed by atoms with Gasteiger partial charge in [0.1, 0.15) is 11.5 Å². The van der Waals surface area contributed by atoms with Gasteiger partial charge >= 0.3 is 0 Å². The second-order valence-electron chi connectivity index (χ2n) is 4.23. The molecule has 0 aliphatic rings. The summed E-state index contributed by atoms with van der Waals surface area (Å²) in [7, 11) is 1.69. The number of amides is 1. The minimum atomic E-state index is -0.0220. The Morgan fingerprint density at radius 1 is 1.25 bits per heavy atom. The molecule has 0 saturated carbocycles. The Morgan fingerprint density at radius 3 is 2.40 bits per heavy atom. The van der Waals surface area contributed by atoms with Crippen LogP contribution in [-0.2, 0) is 4.79 Å². The Bertz CT molecular complexity index is 451. The van der Waals surface area contributed by atoms with Crippen LogP contribution in [0.5, 0.6) is 11.5 Å². The van der Waals surface area contributed by atoms with E-state index in [4.69, 9.17) is 14.7 Å². The second-order valence-corrected chi connectivity index (χ2v) is 4.23. The lowest BCUT2D eigenvalue weighted by atomic mass is 10.3. The van der Waals surface area contributed by atoms with Gasteiger partial charge in [0.05, 0.1) is 32.1 Å². The van der Waals surface area contributed by atoms with Crippen molar-refractivity contribution in [3.63, 3.8) is 0 Å². The zero-order chi connectivity index (χ0) is 14.8. The molecule has 0 fully saturated rings. The van der Waals surface area contributed by atoms with E-state index in [2.05, 4.69) is 0 Å². The lowest BCUT2D eigenvalue weighted by Crippen LogP contribution is -2.28. The molecule has 1 aromatic carbocycles. The van der Waals surface area contributed by atoms with Crippen LogP contribution in [0.15, 0.2) is 24.3 Å². The summed E-state index contributed by atoms with van der Waals surface area (Å²) in [5, 5.41) is 8.46. The van der Waals surface area contributed by atoms with Gasteiger partial charge in [0.2, 0.25) is 5.91 Å². The third-order valence-electron chi connectivity index (χ3n) is 2.70. The number of benzene rings is 1. The van der Waals surface area contributed by atoms with E-state index in [1.54, 1.807) is 11.9 Å². The number of nitrogens with zero attached hydrogens (tertiary/aromatic N) is 2. The smallest absolute Gasteiger partial charge is 0.225 e. The summed E-state index contributed by atoms with van der Waals surface area (Å²) in [5.41, 5.74) is 0. The lowest BCUT2D eigenvalue weighted by Gasteiger charge is -2.15. The molecule has 1 aromatic rings. The van der Waals surface area contributed by atoms with Crippen molar-refractivity contribution < 1.29 is 14.3 Å². The van der Waals surface area contributed by atoms with E-state index in [0.717, 1.165) is 5.75 Å². The van der Waals surface area contributed by atoms with Gasteiger partial charge in [-0.15, -0.1) is 0 Å². The number of carbonyl (C=O) groups is 1. The van der Waals surface area contributed by atoms with Crippen LogP contribution in [0.1, 0.15) is 19.8 Å². The Labute approximate surface area is 119 Å². The fourth-order valence-electron chi connectivity index (χ4n) is 1.59. The maximum Gasteiger partial charge on any atom is 0.225 e. The molecule has 5 heteroatoms. The van der Waals surface area contributed by atoms with Crippen LogP contribution < -0.4 is 9.47 Å². The van der Waals surface area contributed by atoms with Gasteiger partial charge in [-0.05, 0) is 31.2 Å². The third kappa shape index (κ3) is 5.61. The molecule has 1 rings (SSSR count). The molecule has 0 aliphatic heterocycles. The monoisotopic (exact) mass is 276 g/mol. The number of hydrogen-bond acceptors (Lipinski definition) is 4. The molecule has 5 nitrogen and oxygen atoms in total. The number of hydrogen-bond donors (Lipinski definition) is 0. The summed E-state index contributed by atoms with van der Waals surface area (Å²) in [6, 6.07) is 9.31. The highest BCUT2D eigenvalue weighted by atomic mass is 16.5. The first-order valence-corrected chi connectivity index (χ1v) is 6.64. The Balaban J connectivity index is 2.29. The molecule has 20 heavy (non-hydrogen) atoms. The molecule has 0 bridgehead atoms. The van der Waals surface area contributed by atoms with Crippen molar-refractivity contribution in [2.75, 3.05) is 26.8 Å². The predicted molar refractivity (Wildman–Crippen MR) is 75.6 cm³/mol. The highest BCUT2D eigenvalue weighted by Gasteiger charge is 2.08. The molecule has 0 radical (unpaired) electrons. The topological polar surface area (TPSA) is 62.6 Å². The van der Waals surface area contributed by atoms with E-state index in [-0.39, 0.29) is 5.91 Å². The third-order valence-corrected chi connectivity index (χ3v) is 2.70. The zero-order valence-corrected chi connectivity index (χ0v) is 12.0. The Hall–Kier alpha value is -2.22. The van der Waals surface area contributed by atoms with Crippen LogP contribution in [0.4, 0.5) is 0 Å². The lowest BCUT2D eigenvalue weighted by molar-refractivity contribution is -0.130. The first kappa shape index (κ1) is 15.8. The highest BCUT2D eigenvalue weighted by molar-refractivity contribution is 5.75. The van der Waals surface area contributed by atoms with Crippen LogP contribution >= 0.6 is 0 Å². The SMILES string of the molecule is CCOc1ccc(OCCC(=O)N(C)CCC#N)cc1. The quantitative estimate of drug-likeness (QED) is 0.730. The fraction of sp³-hybridized carbons (Fsp3) is 0.467. The molecule has 108 valence electrons. The molecule has 1 amide bonds. The first-order chi connectivity index (χ1) is 9.67. The van der Waals surface area contributed by atoms with Crippen molar-refractivity contribution >= 4 is 5.91 Å². The molecular formula is C15H20N2O3. The van der Waals surface area contributed by atoms with Gasteiger partial charge in [0, 0.05) is 13.6 Å². The largest absolute Gasteiger partial charge is 0.494 e. The van der Waals surface area contributed by atoms with Gasteiger partial charge in [-0.1, -0.05) is 0 Å². The molecule has 0 heterocycles.